The lowest BCUT2D eigenvalue weighted by Gasteiger charge is -2.05. The lowest BCUT2D eigenvalue weighted by molar-refractivity contribution is 0.0962. The van der Waals surface area contributed by atoms with Gasteiger partial charge in [0.05, 0.1) is 11.3 Å². The summed E-state index contributed by atoms with van der Waals surface area (Å²) in [6.45, 7) is 0. The largest absolute Gasteiger partial charge is 0.361 e. The molecule has 0 aliphatic heterocycles. The van der Waals surface area contributed by atoms with E-state index in [1.807, 2.05) is 0 Å². The second-order valence-electron chi connectivity index (χ2n) is 2.68. The summed E-state index contributed by atoms with van der Waals surface area (Å²) in [4.78, 5) is 26.0. The number of carbonyl (C=O) groups is 2. The highest BCUT2D eigenvalue weighted by molar-refractivity contribution is 8.93. The molecule has 0 spiro atoms. The molecule has 0 saturated carbocycles. The van der Waals surface area contributed by atoms with Gasteiger partial charge in [0.2, 0.25) is 0 Å². The molecule has 1 aromatic heterocycles. The Balaban J connectivity index is 0.00000225. The van der Waals surface area contributed by atoms with Crippen molar-refractivity contribution in [1.29, 1.82) is 0 Å². The van der Waals surface area contributed by atoms with Crippen LogP contribution in [0.5, 0.6) is 0 Å². The van der Waals surface area contributed by atoms with E-state index in [0.717, 1.165) is 11.8 Å². The van der Waals surface area contributed by atoms with Crippen LogP contribution < -0.4 is 11.1 Å². The van der Waals surface area contributed by atoms with E-state index >= 15 is 0 Å². The molecule has 5 nitrogen and oxygen atoms in total. The summed E-state index contributed by atoms with van der Waals surface area (Å²) < 4.78 is 0. The molecule has 88 valence electrons. The maximum Gasteiger partial charge on any atom is 0.276 e. The maximum absolute atomic E-state index is 11.4. The molecular weight excluding hydrogens is 294 g/mol. The third kappa shape index (κ3) is 4.19. The lowest BCUT2D eigenvalue weighted by atomic mass is 10.2. The average molecular weight is 306 g/mol. The van der Waals surface area contributed by atoms with Gasteiger partial charge in [0, 0.05) is 19.0 Å². The zero-order valence-electron chi connectivity index (χ0n) is 8.60. The molecule has 16 heavy (non-hydrogen) atoms. The van der Waals surface area contributed by atoms with Crippen LogP contribution in [-0.4, -0.2) is 23.2 Å². The number of carbonyl (C=O) groups excluding carboxylic acids is 2. The number of thioether (sulfide) groups is 1. The molecule has 7 heteroatoms. The number of hydrogen-bond acceptors (Lipinski definition) is 4. The van der Waals surface area contributed by atoms with E-state index < -0.39 is 5.24 Å². The summed E-state index contributed by atoms with van der Waals surface area (Å²) >= 11 is 0.923. The summed E-state index contributed by atoms with van der Waals surface area (Å²) in [6, 6.07) is 3.33. The van der Waals surface area contributed by atoms with Crippen molar-refractivity contribution in [2.75, 3.05) is 7.05 Å². The Kier molecular flexibility index (Phi) is 6.75. The second-order valence-corrected chi connectivity index (χ2v) is 3.66. The summed E-state index contributed by atoms with van der Waals surface area (Å²) in [5.74, 6) is 0.0852. The van der Waals surface area contributed by atoms with Crippen molar-refractivity contribution >= 4 is 39.9 Å². The number of amides is 2. The minimum atomic E-state index is -0.483. The van der Waals surface area contributed by atoms with Crippen molar-refractivity contribution in [2.45, 2.75) is 5.75 Å². The highest BCUT2D eigenvalue weighted by Crippen LogP contribution is 2.13. The highest BCUT2D eigenvalue weighted by atomic mass is 79.9. The number of nitrogens with one attached hydrogen (secondary N) is 1. The summed E-state index contributed by atoms with van der Waals surface area (Å²) in [5.41, 5.74) is 6.02. The SMILES string of the molecule is Br.CNC(=O)c1cccnc1CSC(N)=O. The van der Waals surface area contributed by atoms with Crippen LogP contribution in [0.25, 0.3) is 0 Å². The fourth-order valence-corrected chi connectivity index (χ4v) is 1.54. The Bertz CT molecular complexity index is 387. The normalized spacial score (nSPS) is 9.06. The highest BCUT2D eigenvalue weighted by Gasteiger charge is 2.11. The molecular formula is C9H12BrN3O2S. The number of rotatable bonds is 3. The smallest absolute Gasteiger partial charge is 0.276 e. The lowest BCUT2D eigenvalue weighted by Crippen LogP contribution is -2.20. The Morgan fingerprint density at radius 3 is 2.81 bits per heavy atom. The van der Waals surface area contributed by atoms with Gasteiger partial charge in [-0.3, -0.25) is 14.6 Å². The van der Waals surface area contributed by atoms with Crippen LogP contribution in [0, 0.1) is 0 Å². The fourth-order valence-electron chi connectivity index (χ4n) is 1.03. The van der Waals surface area contributed by atoms with Crippen molar-refractivity contribution in [3.05, 3.63) is 29.6 Å². The molecule has 1 aromatic rings. The van der Waals surface area contributed by atoms with Gasteiger partial charge in [-0.05, 0) is 12.1 Å². The van der Waals surface area contributed by atoms with Crippen LogP contribution in [0.3, 0.4) is 0 Å². The Morgan fingerprint density at radius 1 is 1.56 bits per heavy atom. The van der Waals surface area contributed by atoms with Crippen molar-refractivity contribution in [2.24, 2.45) is 5.73 Å². The third-order valence-electron chi connectivity index (χ3n) is 1.71. The van der Waals surface area contributed by atoms with Crippen molar-refractivity contribution < 1.29 is 9.59 Å². The zero-order valence-corrected chi connectivity index (χ0v) is 11.1. The maximum atomic E-state index is 11.4. The van der Waals surface area contributed by atoms with Gasteiger partial charge in [0.15, 0.2) is 0 Å². The predicted molar refractivity (Wildman–Crippen MR) is 68.8 cm³/mol. The number of nitrogens with zero attached hydrogens (tertiary/aromatic N) is 1. The first-order chi connectivity index (χ1) is 7.15. The van der Waals surface area contributed by atoms with Gasteiger partial charge >= 0.3 is 0 Å². The molecule has 0 unspecified atom stereocenters. The van der Waals surface area contributed by atoms with E-state index in [0.29, 0.717) is 17.0 Å². The van der Waals surface area contributed by atoms with Gasteiger partial charge in [-0.15, -0.1) is 17.0 Å². The number of nitrogens with two attached hydrogens (primary N) is 1. The number of primary amides is 1. The molecule has 3 N–H and O–H groups in total. The average Bonchev–Trinajstić information content (AvgIpc) is 2.25. The molecule has 1 heterocycles. The molecule has 0 aliphatic rings. The number of halogens is 1. The van der Waals surface area contributed by atoms with Gasteiger partial charge < -0.3 is 11.1 Å². The summed E-state index contributed by atoms with van der Waals surface area (Å²) in [6.07, 6.45) is 1.57. The van der Waals surface area contributed by atoms with Gasteiger partial charge in [0.1, 0.15) is 0 Å². The third-order valence-corrected chi connectivity index (χ3v) is 2.42. The first kappa shape index (κ1) is 14.9. The molecule has 0 aromatic carbocycles. The summed E-state index contributed by atoms with van der Waals surface area (Å²) in [5, 5.41) is 2.02. The Hall–Kier alpha value is -1.08. The minimum Gasteiger partial charge on any atom is -0.361 e. The molecule has 0 radical (unpaired) electrons. The van der Waals surface area contributed by atoms with E-state index in [-0.39, 0.29) is 22.9 Å². The summed E-state index contributed by atoms with van der Waals surface area (Å²) in [7, 11) is 1.54. The van der Waals surface area contributed by atoms with Gasteiger partial charge in [-0.2, -0.15) is 0 Å². The Morgan fingerprint density at radius 2 is 2.25 bits per heavy atom. The first-order valence-corrected chi connectivity index (χ1v) is 5.22. The van der Waals surface area contributed by atoms with Crippen molar-refractivity contribution in [3.8, 4) is 0 Å². The quantitative estimate of drug-likeness (QED) is 0.882. The molecule has 2 amide bonds. The predicted octanol–water partition coefficient (Wildman–Crippen LogP) is 1.33. The fraction of sp³-hybridized carbons (Fsp3) is 0.222. The van der Waals surface area contributed by atoms with E-state index in [4.69, 9.17) is 5.73 Å². The molecule has 1 rings (SSSR count). The number of pyridine rings is 1. The topological polar surface area (TPSA) is 85.1 Å². The molecule has 0 aliphatic carbocycles. The Labute approximate surface area is 108 Å². The van der Waals surface area contributed by atoms with Gasteiger partial charge in [0.25, 0.3) is 11.1 Å². The number of hydrogen-bond donors (Lipinski definition) is 2. The van der Waals surface area contributed by atoms with Crippen molar-refractivity contribution in [1.82, 2.24) is 10.3 Å². The van der Waals surface area contributed by atoms with E-state index in [1.165, 1.54) is 0 Å². The van der Waals surface area contributed by atoms with Crippen LogP contribution >= 0.6 is 28.7 Å². The van der Waals surface area contributed by atoms with Crippen molar-refractivity contribution in [3.63, 3.8) is 0 Å². The first-order valence-electron chi connectivity index (χ1n) is 4.23. The van der Waals surface area contributed by atoms with Gasteiger partial charge in [-0.1, -0.05) is 11.8 Å². The zero-order chi connectivity index (χ0) is 11.3. The van der Waals surface area contributed by atoms with Crippen LogP contribution in [0.4, 0.5) is 4.79 Å². The van der Waals surface area contributed by atoms with Crippen LogP contribution in [0.15, 0.2) is 18.3 Å². The van der Waals surface area contributed by atoms with E-state index in [2.05, 4.69) is 10.3 Å². The molecule has 0 saturated heterocycles. The molecule has 0 atom stereocenters. The molecule has 0 bridgehead atoms. The van der Waals surface area contributed by atoms with Gasteiger partial charge in [-0.25, -0.2) is 0 Å². The second kappa shape index (κ2) is 7.24. The van der Waals surface area contributed by atoms with Crippen LogP contribution in [0.2, 0.25) is 0 Å². The standard InChI is InChI=1S/C9H11N3O2S.BrH/c1-11-8(13)6-3-2-4-12-7(6)5-15-9(10)14;/h2-4H,5H2,1H3,(H2,10,14)(H,11,13);1H. The molecule has 0 fully saturated rings. The minimum absolute atomic E-state index is 0. The van der Waals surface area contributed by atoms with Crippen LogP contribution in [-0.2, 0) is 5.75 Å². The van der Waals surface area contributed by atoms with E-state index in [9.17, 15) is 9.59 Å². The number of aromatic nitrogens is 1. The monoisotopic (exact) mass is 305 g/mol. The van der Waals surface area contributed by atoms with Crippen LogP contribution in [0.1, 0.15) is 16.1 Å². The van der Waals surface area contributed by atoms with E-state index in [1.54, 1.807) is 25.4 Å².